The molecule has 7 nitrogen and oxygen atoms in total. The summed E-state index contributed by atoms with van der Waals surface area (Å²) in [6, 6.07) is 16.3. The van der Waals surface area contributed by atoms with Gasteiger partial charge in [0.25, 0.3) is 0 Å². The summed E-state index contributed by atoms with van der Waals surface area (Å²) in [6.07, 6.45) is 3.54. The number of anilines is 1. The molecule has 0 bridgehead atoms. The van der Waals surface area contributed by atoms with Gasteiger partial charge in [-0.3, -0.25) is 19.2 Å². The number of carbonyl (C=O) groups is 2. The zero-order valence-electron chi connectivity index (χ0n) is 21.1. The van der Waals surface area contributed by atoms with Gasteiger partial charge in [0, 0.05) is 77.2 Å². The molecule has 1 aliphatic heterocycles. The molecule has 0 saturated carbocycles. The van der Waals surface area contributed by atoms with Crippen LogP contribution in [0.5, 0.6) is 0 Å². The minimum atomic E-state index is -0.253. The van der Waals surface area contributed by atoms with Gasteiger partial charge in [-0.1, -0.05) is 30.3 Å². The van der Waals surface area contributed by atoms with Crippen molar-refractivity contribution in [3.63, 3.8) is 0 Å². The predicted molar refractivity (Wildman–Crippen MR) is 138 cm³/mol. The zero-order chi connectivity index (χ0) is 25.5. The van der Waals surface area contributed by atoms with Crippen LogP contribution in [0.15, 0.2) is 60.8 Å². The van der Waals surface area contributed by atoms with Crippen molar-refractivity contribution in [3.05, 3.63) is 83.4 Å². The van der Waals surface area contributed by atoms with Gasteiger partial charge in [-0.15, -0.1) is 0 Å². The van der Waals surface area contributed by atoms with E-state index in [4.69, 9.17) is 0 Å². The average Bonchev–Trinajstić information content (AvgIpc) is 3.27. The van der Waals surface area contributed by atoms with E-state index in [0.717, 1.165) is 35.5 Å². The molecule has 3 aromatic rings. The fraction of sp³-hybridized carbons (Fsp3) is 0.393. The molecule has 4 rings (SSSR count). The van der Waals surface area contributed by atoms with Gasteiger partial charge in [0.05, 0.1) is 0 Å². The van der Waals surface area contributed by atoms with Crippen LogP contribution in [0, 0.1) is 5.82 Å². The second-order valence-electron chi connectivity index (χ2n) is 9.32. The Balaban J connectivity index is 1.57. The number of nitrogens with zero attached hydrogens (tertiary/aromatic N) is 5. The van der Waals surface area contributed by atoms with Crippen LogP contribution >= 0.6 is 0 Å². The molecule has 1 aliphatic rings. The van der Waals surface area contributed by atoms with Crippen molar-refractivity contribution in [2.45, 2.75) is 39.3 Å². The van der Waals surface area contributed by atoms with Crippen molar-refractivity contribution in [3.8, 4) is 0 Å². The van der Waals surface area contributed by atoms with Gasteiger partial charge in [-0.2, -0.15) is 5.10 Å². The number of aromatic nitrogens is 2. The summed E-state index contributed by atoms with van der Waals surface area (Å²) in [5.74, 6) is -0.196. The summed E-state index contributed by atoms with van der Waals surface area (Å²) < 4.78 is 15.2. The molecular weight excluding hydrogens is 457 g/mol. The molecular formula is C28H34FN5O2. The first-order valence-corrected chi connectivity index (χ1v) is 12.5. The van der Waals surface area contributed by atoms with E-state index in [1.165, 1.54) is 12.1 Å². The summed E-state index contributed by atoms with van der Waals surface area (Å²) in [7, 11) is 1.88. The molecule has 0 saturated heterocycles. The minimum absolute atomic E-state index is 0.0131. The number of amides is 2. The smallest absolute Gasteiger partial charge is 0.223 e. The van der Waals surface area contributed by atoms with Crippen molar-refractivity contribution in [2.24, 2.45) is 7.05 Å². The maximum atomic E-state index is 13.4. The molecule has 0 unspecified atom stereocenters. The number of benzene rings is 2. The first-order chi connectivity index (χ1) is 17.4. The van der Waals surface area contributed by atoms with Gasteiger partial charge in [0.2, 0.25) is 11.8 Å². The fourth-order valence-electron chi connectivity index (χ4n) is 4.73. The number of rotatable bonds is 5. The number of halogens is 1. The lowest BCUT2D eigenvalue weighted by Gasteiger charge is -2.28. The van der Waals surface area contributed by atoms with Crippen LogP contribution in [0.1, 0.15) is 36.6 Å². The Kier molecular flexibility index (Phi) is 8.48. The second kappa shape index (κ2) is 11.9. The highest BCUT2D eigenvalue weighted by Gasteiger charge is 2.22. The molecule has 2 amide bonds. The van der Waals surface area contributed by atoms with Crippen LogP contribution in [0.3, 0.4) is 0 Å². The lowest BCUT2D eigenvalue weighted by Crippen LogP contribution is -2.38. The molecule has 2 heterocycles. The van der Waals surface area contributed by atoms with Gasteiger partial charge in [-0.25, -0.2) is 4.39 Å². The molecule has 0 atom stereocenters. The standard InChI is InChI=1S/C28H34FN5O2/c1-22(35)34-17-5-16-32(20-23-8-10-25(29)11-9-23)18-19-33(21-24-6-3-4-7-27(24)34)28(36)13-12-26-14-15-30-31(26)2/h3-4,6-11,14-15H,5,12-13,16-21H2,1-2H3. The molecule has 190 valence electrons. The van der Waals surface area contributed by atoms with Crippen LogP contribution in [0.25, 0.3) is 0 Å². The number of hydrogen-bond donors (Lipinski definition) is 0. The zero-order valence-corrected chi connectivity index (χ0v) is 21.1. The Hall–Kier alpha value is -3.52. The van der Waals surface area contributed by atoms with Crippen LogP contribution in [-0.2, 0) is 36.1 Å². The first kappa shape index (κ1) is 25.6. The quantitative estimate of drug-likeness (QED) is 0.545. The summed E-state index contributed by atoms with van der Waals surface area (Å²) in [4.78, 5) is 32.0. The molecule has 36 heavy (non-hydrogen) atoms. The number of hydrogen-bond acceptors (Lipinski definition) is 4. The van der Waals surface area contributed by atoms with Crippen LogP contribution in [-0.4, -0.2) is 57.6 Å². The molecule has 0 spiro atoms. The molecule has 0 aliphatic carbocycles. The number of carbonyl (C=O) groups excluding carboxylic acids is 2. The highest BCUT2D eigenvalue weighted by Crippen LogP contribution is 2.24. The highest BCUT2D eigenvalue weighted by atomic mass is 19.1. The Morgan fingerprint density at radius 2 is 1.75 bits per heavy atom. The summed E-state index contributed by atoms with van der Waals surface area (Å²) in [5.41, 5.74) is 3.87. The Labute approximate surface area is 212 Å². The summed E-state index contributed by atoms with van der Waals surface area (Å²) in [5, 5.41) is 4.20. The Morgan fingerprint density at radius 1 is 0.972 bits per heavy atom. The van der Waals surface area contributed by atoms with Crippen LogP contribution in [0.2, 0.25) is 0 Å². The predicted octanol–water partition coefficient (Wildman–Crippen LogP) is 3.78. The van der Waals surface area contributed by atoms with Crippen molar-refractivity contribution < 1.29 is 14.0 Å². The average molecular weight is 492 g/mol. The lowest BCUT2D eigenvalue weighted by molar-refractivity contribution is -0.132. The molecule has 2 aromatic carbocycles. The lowest BCUT2D eigenvalue weighted by atomic mass is 10.1. The van der Waals surface area contributed by atoms with E-state index >= 15 is 0 Å². The Bertz CT molecular complexity index is 1180. The van der Waals surface area contributed by atoms with Crippen molar-refractivity contribution in [1.29, 1.82) is 0 Å². The molecule has 0 radical (unpaired) electrons. The number of para-hydroxylation sites is 1. The second-order valence-corrected chi connectivity index (χ2v) is 9.32. The van der Waals surface area contributed by atoms with E-state index in [9.17, 15) is 14.0 Å². The SMILES string of the molecule is CC(=O)N1CCCN(Cc2ccc(F)cc2)CCN(C(=O)CCc2ccnn2C)Cc2ccccc21. The third-order valence-corrected chi connectivity index (χ3v) is 6.76. The van der Waals surface area contributed by atoms with E-state index < -0.39 is 0 Å². The Morgan fingerprint density at radius 3 is 2.47 bits per heavy atom. The highest BCUT2D eigenvalue weighted by molar-refractivity contribution is 5.92. The van der Waals surface area contributed by atoms with Gasteiger partial charge >= 0.3 is 0 Å². The van der Waals surface area contributed by atoms with E-state index in [0.29, 0.717) is 45.6 Å². The van der Waals surface area contributed by atoms with Crippen molar-refractivity contribution in [1.82, 2.24) is 19.6 Å². The third-order valence-electron chi connectivity index (χ3n) is 6.76. The van der Waals surface area contributed by atoms with Crippen LogP contribution < -0.4 is 4.90 Å². The van der Waals surface area contributed by atoms with Crippen molar-refractivity contribution >= 4 is 17.5 Å². The van der Waals surface area contributed by atoms with Gasteiger partial charge in [0.15, 0.2) is 0 Å². The number of fused-ring (bicyclic) bond motifs is 1. The summed E-state index contributed by atoms with van der Waals surface area (Å²) in [6.45, 7) is 5.31. The molecule has 1 aromatic heterocycles. The van der Waals surface area contributed by atoms with Crippen molar-refractivity contribution in [2.75, 3.05) is 31.1 Å². The normalized spacial score (nSPS) is 15.3. The minimum Gasteiger partial charge on any atom is -0.337 e. The topological polar surface area (TPSA) is 61.7 Å². The maximum absolute atomic E-state index is 13.4. The van der Waals surface area contributed by atoms with E-state index in [1.807, 2.05) is 47.2 Å². The van der Waals surface area contributed by atoms with E-state index in [1.54, 1.807) is 29.9 Å². The molecule has 8 heteroatoms. The van der Waals surface area contributed by atoms with Gasteiger partial charge < -0.3 is 9.80 Å². The van der Waals surface area contributed by atoms with E-state index in [2.05, 4.69) is 10.00 Å². The van der Waals surface area contributed by atoms with Gasteiger partial charge in [0.1, 0.15) is 5.82 Å². The van der Waals surface area contributed by atoms with Gasteiger partial charge in [-0.05, 0) is 48.2 Å². The molecule has 0 N–H and O–H groups in total. The monoisotopic (exact) mass is 491 g/mol. The largest absolute Gasteiger partial charge is 0.337 e. The third kappa shape index (κ3) is 6.57. The summed E-state index contributed by atoms with van der Waals surface area (Å²) >= 11 is 0. The first-order valence-electron chi connectivity index (χ1n) is 12.5. The fourth-order valence-corrected chi connectivity index (χ4v) is 4.73. The number of aryl methyl sites for hydroxylation is 2. The molecule has 0 fully saturated rings. The maximum Gasteiger partial charge on any atom is 0.223 e. The van der Waals surface area contributed by atoms with Crippen LogP contribution in [0.4, 0.5) is 10.1 Å². The van der Waals surface area contributed by atoms with E-state index in [-0.39, 0.29) is 17.6 Å².